The van der Waals surface area contributed by atoms with Crippen molar-refractivity contribution in [1.29, 1.82) is 0 Å². The largest absolute Gasteiger partial charge is 0.468 e. The fourth-order valence-corrected chi connectivity index (χ4v) is 4.28. The molecule has 7 nitrogen and oxygen atoms in total. The van der Waals surface area contributed by atoms with Gasteiger partial charge in [-0.3, -0.25) is 4.79 Å². The van der Waals surface area contributed by atoms with E-state index in [0.29, 0.717) is 15.8 Å². The number of amides is 1. The molecule has 0 aliphatic heterocycles. The Morgan fingerprint density at radius 2 is 1.68 bits per heavy atom. The lowest BCUT2D eigenvalue weighted by Crippen LogP contribution is -2.34. The molecule has 1 amide bonds. The second-order valence-corrected chi connectivity index (χ2v) is 9.28. The van der Waals surface area contributed by atoms with Crippen molar-refractivity contribution in [2.45, 2.75) is 17.9 Å². The molecule has 0 radical (unpaired) electrons. The minimum Gasteiger partial charge on any atom is -0.468 e. The van der Waals surface area contributed by atoms with E-state index in [1.807, 2.05) is 0 Å². The fourth-order valence-electron chi connectivity index (χ4n) is 2.63. The third-order valence-electron chi connectivity index (χ3n) is 4.22. The SMILES string of the molecule is O=C(CCN(Cc1ccco1)S(=O)(=O)c1ccc(Cl)cc1)N/N=C\c1ccc(Cl)cc1. The average molecular weight is 480 g/mol. The molecule has 0 unspecified atom stereocenters. The Balaban J connectivity index is 1.66. The first kappa shape index (κ1) is 23.0. The van der Waals surface area contributed by atoms with Crippen molar-refractivity contribution in [2.24, 2.45) is 5.10 Å². The Labute approximate surface area is 190 Å². The van der Waals surface area contributed by atoms with E-state index in [0.717, 1.165) is 5.56 Å². The molecule has 0 aliphatic rings. The van der Waals surface area contributed by atoms with Gasteiger partial charge in [0.25, 0.3) is 0 Å². The summed E-state index contributed by atoms with van der Waals surface area (Å²) in [6, 6.07) is 16.1. The van der Waals surface area contributed by atoms with E-state index in [1.54, 1.807) is 36.4 Å². The number of carbonyl (C=O) groups is 1. The molecular formula is C21H19Cl2N3O4S. The summed E-state index contributed by atoms with van der Waals surface area (Å²) in [5.41, 5.74) is 3.15. The maximum atomic E-state index is 13.1. The normalized spacial score (nSPS) is 11.8. The Kier molecular flexibility index (Phi) is 7.86. The fraction of sp³-hybridized carbons (Fsp3) is 0.143. The van der Waals surface area contributed by atoms with E-state index in [9.17, 15) is 13.2 Å². The lowest BCUT2D eigenvalue weighted by atomic mass is 10.2. The summed E-state index contributed by atoms with van der Waals surface area (Å²) < 4.78 is 32.6. The van der Waals surface area contributed by atoms with Crippen molar-refractivity contribution >= 4 is 45.3 Å². The quantitative estimate of drug-likeness (QED) is 0.365. The number of sulfonamides is 1. The molecule has 0 saturated heterocycles. The summed E-state index contributed by atoms with van der Waals surface area (Å²) in [5.74, 6) is 0.0275. The van der Waals surface area contributed by atoms with Gasteiger partial charge in [0.1, 0.15) is 5.76 Å². The van der Waals surface area contributed by atoms with Crippen LogP contribution in [0.25, 0.3) is 0 Å². The van der Waals surface area contributed by atoms with Crippen LogP contribution in [0.2, 0.25) is 10.0 Å². The summed E-state index contributed by atoms with van der Waals surface area (Å²) >= 11 is 11.7. The molecule has 10 heteroatoms. The number of rotatable bonds is 9. The van der Waals surface area contributed by atoms with Gasteiger partial charge >= 0.3 is 0 Å². The minimum absolute atomic E-state index is 0.0146. The summed E-state index contributed by atoms with van der Waals surface area (Å²) in [6.07, 6.45) is 2.84. The zero-order valence-corrected chi connectivity index (χ0v) is 18.6. The summed E-state index contributed by atoms with van der Waals surface area (Å²) in [4.78, 5) is 12.3. The van der Waals surface area contributed by atoms with Crippen LogP contribution in [0.4, 0.5) is 0 Å². The van der Waals surface area contributed by atoms with Crippen molar-refractivity contribution in [1.82, 2.24) is 9.73 Å². The topological polar surface area (TPSA) is 92.0 Å². The summed E-state index contributed by atoms with van der Waals surface area (Å²) in [6.45, 7) is -0.0762. The van der Waals surface area contributed by atoms with Gasteiger partial charge in [-0.05, 0) is 54.1 Å². The Bertz CT molecular complexity index is 1130. The molecule has 0 atom stereocenters. The van der Waals surface area contributed by atoms with Gasteiger partial charge in [-0.2, -0.15) is 9.41 Å². The van der Waals surface area contributed by atoms with Crippen LogP contribution >= 0.6 is 23.2 Å². The lowest BCUT2D eigenvalue weighted by Gasteiger charge is -2.21. The zero-order valence-electron chi connectivity index (χ0n) is 16.2. The monoisotopic (exact) mass is 479 g/mol. The van der Waals surface area contributed by atoms with Crippen LogP contribution in [0.1, 0.15) is 17.7 Å². The molecule has 3 aromatic rings. The Morgan fingerprint density at radius 3 is 2.29 bits per heavy atom. The Morgan fingerprint density at radius 1 is 1.03 bits per heavy atom. The number of halogens is 2. The number of benzene rings is 2. The number of carbonyl (C=O) groups excluding carboxylic acids is 1. The molecule has 0 spiro atoms. The van der Waals surface area contributed by atoms with Crippen molar-refractivity contribution in [3.05, 3.63) is 88.3 Å². The zero-order chi connectivity index (χ0) is 22.3. The molecule has 31 heavy (non-hydrogen) atoms. The standard InChI is InChI=1S/C21H19Cl2N3O4S/c22-17-5-3-16(4-6-17)14-24-25-21(27)11-12-26(15-19-2-1-13-30-19)31(28,29)20-9-7-18(23)8-10-20/h1-10,13-14H,11-12,15H2,(H,25,27)/b24-14-. The number of hydrogen-bond acceptors (Lipinski definition) is 5. The second kappa shape index (κ2) is 10.6. The molecule has 1 aromatic heterocycles. The van der Waals surface area contributed by atoms with Gasteiger partial charge in [0.2, 0.25) is 15.9 Å². The molecule has 162 valence electrons. The van der Waals surface area contributed by atoms with Gasteiger partial charge in [-0.15, -0.1) is 0 Å². The van der Waals surface area contributed by atoms with Crippen LogP contribution in [0.15, 0.2) is 81.3 Å². The molecule has 1 N–H and O–H groups in total. The first-order chi connectivity index (χ1) is 14.8. The molecule has 1 heterocycles. The number of nitrogens with zero attached hydrogens (tertiary/aromatic N) is 2. The molecule has 0 aliphatic carbocycles. The minimum atomic E-state index is -3.87. The van der Waals surface area contributed by atoms with E-state index >= 15 is 0 Å². The van der Waals surface area contributed by atoms with Gasteiger partial charge in [0.15, 0.2) is 0 Å². The lowest BCUT2D eigenvalue weighted by molar-refractivity contribution is -0.121. The van der Waals surface area contributed by atoms with Crippen LogP contribution in [0.3, 0.4) is 0 Å². The molecule has 3 rings (SSSR count). The van der Waals surface area contributed by atoms with Gasteiger partial charge in [-0.25, -0.2) is 13.8 Å². The molecule has 0 fully saturated rings. The maximum Gasteiger partial charge on any atom is 0.243 e. The summed E-state index contributed by atoms with van der Waals surface area (Å²) in [5, 5.41) is 4.91. The van der Waals surface area contributed by atoms with Crippen LogP contribution in [0.5, 0.6) is 0 Å². The highest BCUT2D eigenvalue weighted by Crippen LogP contribution is 2.21. The number of furan rings is 1. The highest BCUT2D eigenvalue weighted by atomic mass is 35.5. The van der Waals surface area contributed by atoms with E-state index in [4.69, 9.17) is 27.6 Å². The third kappa shape index (κ3) is 6.67. The Hall–Kier alpha value is -2.65. The van der Waals surface area contributed by atoms with E-state index in [2.05, 4.69) is 10.5 Å². The van der Waals surface area contributed by atoms with Gasteiger partial charge < -0.3 is 4.42 Å². The highest BCUT2D eigenvalue weighted by molar-refractivity contribution is 7.89. The van der Waals surface area contributed by atoms with Crippen LogP contribution in [0, 0.1) is 0 Å². The predicted octanol–water partition coefficient (Wildman–Crippen LogP) is 4.32. The first-order valence-electron chi connectivity index (χ1n) is 9.20. The molecular weight excluding hydrogens is 461 g/mol. The second-order valence-electron chi connectivity index (χ2n) is 6.47. The molecule has 2 aromatic carbocycles. The van der Waals surface area contributed by atoms with Crippen molar-refractivity contribution in [2.75, 3.05) is 6.54 Å². The van der Waals surface area contributed by atoms with Gasteiger partial charge in [0.05, 0.1) is 23.9 Å². The molecule has 0 saturated carbocycles. The van der Waals surface area contributed by atoms with Gasteiger partial charge in [0, 0.05) is 23.0 Å². The van der Waals surface area contributed by atoms with Crippen LogP contribution in [-0.4, -0.2) is 31.4 Å². The average Bonchev–Trinajstić information content (AvgIpc) is 3.26. The maximum absolute atomic E-state index is 13.1. The summed E-state index contributed by atoms with van der Waals surface area (Å²) in [7, 11) is -3.87. The number of hydrazone groups is 1. The van der Waals surface area contributed by atoms with E-state index in [1.165, 1.54) is 41.0 Å². The van der Waals surface area contributed by atoms with Crippen molar-refractivity contribution in [3.63, 3.8) is 0 Å². The van der Waals surface area contributed by atoms with E-state index < -0.39 is 15.9 Å². The third-order valence-corrected chi connectivity index (χ3v) is 6.59. The smallest absolute Gasteiger partial charge is 0.243 e. The van der Waals surface area contributed by atoms with Crippen LogP contribution < -0.4 is 5.43 Å². The van der Waals surface area contributed by atoms with Crippen molar-refractivity contribution in [3.8, 4) is 0 Å². The first-order valence-corrected chi connectivity index (χ1v) is 11.4. The number of hydrogen-bond donors (Lipinski definition) is 1. The highest BCUT2D eigenvalue weighted by Gasteiger charge is 2.26. The van der Waals surface area contributed by atoms with E-state index in [-0.39, 0.29) is 24.4 Å². The van der Waals surface area contributed by atoms with Crippen LogP contribution in [-0.2, 0) is 21.4 Å². The molecule has 0 bridgehead atoms. The van der Waals surface area contributed by atoms with Crippen molar-refractivity contribution < 1.29 is 17.6 Å². The number of nitrogens with one attached hydrogen (secondary N) is 1. The predicted molar refractivity (Wildman–Crippen MR) is 120 cm³/mol. The van der Waals surface area contributed by atoms with Gasteiger partial charge in [-0.1, -0.05) is 35.3 Å².